The van der Waals surface area contributed by atoms with Gasteiger partial charge >= 0.3 is 0 Å². The molecule has 82 valence electrons. The van der Waals surface area contributed by atoms with E-state index in [1.54, 1.807) is 6.20 Å². The first kappa shape index (κ1) is 11.1. The first-order valence-electron chi connectivity index (χ1n) is 5.11. The maximum Gasteiger partial charge on any atom is 0.144 e. The van der Waals surface area contributed by atoms with Crippen LogP contribution in [0.1, 0.15) is 11.1 Å². The second kappa shape index (κ2) is 4.66. The number of halogens is 1. The summed E-state index contributed by atoms with van der Waals surface area (Å²) in [6.45, 7) is 4.18. The molecular formula is C13H13BrN2. The van der Waals surface area contributed by atoms with E-state index < -0.39 is 0 Å². The Morgan fingerprint density at radius 3 is 2.44 bits per heavy atom. The molecule has 2 rings (SSSR count). The van der Waals surface area contributed by atoms with Gasteiger partial charge < -0.3 is 5.32 Å². The van der Waals surface area contributed by atoms with E-state index in [9.17, 15) is 0 Å². The van der Waals surface area contributed by atoms with Crippen LogP contribution >= 0.6 is 15.9 Å². The Labute approximate surface area is 104 Å². The highest BCUT2D eigenvalue weighted by molar-refractivity contribution is 9.10. The molecule has 0 unspecified atom stereocenters. The maximum absolute atomic E-state index is 4.27. The van der Waals surface area contributed by atoms with E-state index in [1.165, 1.54) is 11.1 Å². The van der Waals surface area contributed by atoms with Crippen LogP contribution in [0.5, 0.6) is 0 Å². The number of anilines is 2. The summed E-state index contributed by atoms with van der Waals surface area (Å²) in [7, 11) is 0. The van der Waals surface area contributed by atoms with Crippen molar-refractivity contribution in [3.8, 4) is 0 Å². The van der Waals surface area contributed by atoms with Crippen molar-refractivity contribution in [2.75, 3.05) is 5.32 Å². The smallest absolute Gasteiger partial charge is 0.144 e. The Kier molecular flexibility index (Phi) is 3.25. The Morgan fingerprint density at radius 2 is 1.81 bits per heavy atom. The van der Waals surface area contributed by atoms with Crippen molar-refractivity contribution in [1.82, 2.24) is 4.98 Å². The minimum atomic E-state index is 0.840. The van der Waals surface area contributed by atoms with Crippen molar-refractivity contribution in [3.63, 3.8) is 0 Å². The van der Waals surface area contributed by atoms with Crippen LogP contribution in [-0.4, -0.2) is 4.98 Å². The van der Waals surface area contributed by atoms with Gasteiger partial charge in [-0.25, -0.2) is 4.98 Å². The second-order valence-electron chi connectivity index (χ2n) is 3.84. The van der Waals surface area contributed by atoms with Gasteiger partial charge in [-0.15, -0.1) is 0 Å². The average molecular weight is 277 g/mol. The Hall–Kier alpha value is -1.35. The van der Waals surface area contributed by atoms with Crippen LogP contribution < -0.4 is 5.32 Å². The van der Waals surface area contributed by atoms with E-state index in [2.05, 4.69) is 58.3 Å². The molecule has 0 aliphatic heterocycles. The van der Waals surface area contributed by atoms with Crippen molar-refractivity contribution in [2.45, 2.75) is 13.8 Å². The largest absolute Gasteiger partial charge is 0.339 e. The molecule has 1 aromatic heterocycles. The molecule has 1 N–H and O–H groups in total. The number of pyridine rings is 1. The summed E-state index contributed by atoms with van der Waals surface area (Å²) >= 11 is 3.47. The van der Waals surface area contributed by atoms with Crippen molar-refractivity contribution in [3.05, 3.63) is 52.1 Å². The highest BCUT2D eigenvalue weighted by atomic mass is 79.9. The zero-order valence-electron chi connectivity index (χ0n) is 9.29. The number of aromatic nitrogens is 1. The lowest BCUT2D eigenvalue weighted by atomic mass is 10.1. The summed E-state index contributed by atoms with van der Waals surface area (Å²) in [5.74, 6) is 0.840. The van der Waals surface area contributed by atoms with E-state index in [1.807, 2.05) is 12.1 Å². The number of hydrogen-bond donors (Lipinski definition) is 1. The van der Waals surface area contributed by atoms with Gasteiger partial charge in [0.2, 0.25) is 0 Å². The molecule has 0 aliphatic carbocycles. The topological polar surface area (TPSA) is 24.9 Å². The normalized spacial score (nSPS) is 10.2. The summed E-state index contributed by atoms with van der Waals surface area (Å²) in [6.07, 6.45) is 1.77. The van der Waals surface area contributed by atoms with Crippen molar-refractivity contribution in [2.24, 2.45) is 0 Å². The van der Waals surface area contributed by atoms with Gasteiger partial charge in [0.1, 0.15) is 5.82 Å². The van der Waals surface area contributed by atoms with E-state index in [4.69, 9.17) is 0 Å². The van der Waals surface area contributed by atoms with Gasteiger partial charge in [-0.2, -0.15) is 0 Å². The molecule has 0 spiro atoms. The van der Waals surface area contributed by atoms with Gasteiger partial charge in [-0.3, -0.25) is 0 Å². The summed E-state index contributed by atoms with van der Waals surface area (Å²) in [6, 6.07) is 10.2. The Bertz CT molecular complexity index is 489. The summed E-state index contributed by atoms with van der Waals surface area (Å²) in [4.78, 5) is 4.27. The SMILES string of the molecule is Cc1cc(C)cc(Nc2ncccc2Br)c1. The predicted molar refractivity (Wildman–Crippen MR) is 71.1 cm³/mol. The molecule has 0 bridgehead atoms. The van der Waals surface area contributed by atoms with Gasteiger partial charge in [0.25, 0.3) is 0 Å². The first-order valence-corrected chi connectivity index (χ1v) is 5.90. The lowest BCUT2D eigenvalue weighted by molar-refractivity contribution is 1.28. The lowest BCUT2D eigenvalue weighted by Crippen LogP contribution is -1.95. The molecule has 0 radical (unpaired) electrons. The molecule has 1 heterocycles. The summed E-state index contributed by atoms with van der Waals surface area (Å²) in [5, 5.41) is 3.30. The zero-order valence-corrected chi connectivity index (χ0v) is 10.9. The minimum Gasteiger partial charge on any atom is -0.339 e. The highest BCUT2D eigenvalue weighted by Gasteiger charge is 2.01. The lowest BCUT2D eigenvalue weighted by Gasteiger charge is -2.09. The second-order valence-corrected chi connectivity index (χ2v) is 4.69. The van der Waals surface area contributed by atoms with Gasteiger partial charge in [-0.05, 0) is 65.2 Å². The molecule has 16 heavy (non-hydrogen) atoms. The Balaban J connectivity index is 2.30. The van der Waals surface area contributed by atoms with Crippen LogP contribution in [0.3, 0.4) is 0 Å². The van der Waals surface area contributed by atoms with E-state index >= 15 is 0 Å². The molecule has 0 fully saturated rings. The molecule has 3 heteroatoms. The number of rotatable bonds is 2. The fraction of sp³-hybridized carbons (Fsp3) is 0.154. The van der Waals surface area contributed by atoms with Gasteiger partial charge in [-0.1, -0.05) is 6.07 Å². The molecule has 0 atom stereocenters. The monoisotopic (exact) mass is 276 g/mol. The van der Waals surface area contributed by atoms with Crippen molar-refractivity contribution in [1.29, 1.82) is 0 Å². The summed E-state index contributed by atoms with van der Waals surface area (Å²) in [5.41, 5.74) is 3.56. The van der Waals surface area contributed by atoms with Crippen LogP contribution in [0.4, 0.5) is 11.5 Å². The van der Waals surface area contributed by atoms with E-state index in [0.717, 1.165) is 16.0 Å². The quantitative estimate of drug-likeness (QED) is 0.889. The van der Waals surface area contributed by atoms with E-state index in [0.29, 0.717) is 0 Å². The third kappa shape index (κ3) is 2.61. The standard InChI is InChI=1S/C13H13BrN2/c1-9-6-10(2)8-11(7-9)16-13-12(14)4-3-5-15-13/h3-8H,1-2H3,(H,15,16). The van der Waals surface area contributed by atoms with Crippen molar-refractivity contribution < 1.29 is 0 Å². The predicted octanol–water partition coefficient (Wildman–Crippen LogP) is 4.20. The molecular weight excluding hydrogens is 264 g/mol. The van der Waals surface area contributed by atoms with Gasteiger partial charge in [0.05, 0.1) is 4.47 Å². The molecule has 2 aromatic rings. The zero-order chi connectivity index (χ0) is 11.5. The molecule has 2 nitrogen and oxygen atoms in total. The van der Waals surface area contributed by atoms with Crippen LogP contribution in [0.2, 0.25) is 0 Å². The fourth-order valence-electron chi connectivity index (χ4n) is 1.66. The molecule has 0 saturated heterocycles. The van der Waals surface area contributed by atoms with Crippen LogP contribution in [0, 0.1) is 13.8 Å². The first-order chi connectivity index (χ1) is 7.65. The van der Waals surface area contributed by atoms with Crippen LogP contribution in [0.15, 0.2) is 41.0 Å². The maximum atomic E-state index is 4.27. The fourth-order valence-corrected chi connectivity index (χ4v) is 2.02. The number of hydrogen-bond acceptors (Lipinski definition) is 2. The molecule has 0 aliphatic rings. The molecule has 0 saturated carbocycles. The third-order valence-electron chi connectivity index (χ3n) is 2.24. The van der Waals surface area contributed by atoms with Crippen molar-refractivity contribution >= 4 is 27.4 Å². The number of aryl methyl sites for hydroxylation is 2. The average Bonchev–Trinajstić information content (AvgIpc) is 2.20. The van der Waals surface area contributed by atoms with Crippen LogP contribution in [0.25, 0.3) is 0 Å². The highest BCUT2D eigenvalue weighted by Crippen LogP contribution is 2.24. The Morgan fingerprint density at radius 1 is 1.12 bits per heavy atom. The molecule has 0 amide bonds. The van der Waals surface area contributed by atoms with E-state index in [-0.39, 0.29) is 0 Å². The van der Waals surface area contributed by atoms with Gasteiger partial charge in [0, 0.05) is 11.9 Å². The molecule has 1 aromatic carbocycles. The number of nitrogens with zero attached hydrogens (tertiary/aromatic N) is 1. The van der Waals surface area contributed by atoms with Crippen LogP contribution in [-0.2, 0) is 0 Å². The number of benzene rings is 1. The van der Waals surface area contributed by atoms with Gasteiger partial charge in [0.15, 0.2) is 0 Å². The third-order valence-corrected chi connectivity index (χ3v) is 2.88. The minimum absolute atomic E-state index is 0.840. The number of nitrogens with one attached hydrogen (secondary N) is 1. The summed E-state index contributed by atoms with van der Waals surface area (Å²) < 4.78 is 0.967.